The molecule has 13 heavy (non-hydrogen) atoms. The Morgan fingerprint density at radius 1 is 1.31 bits per heavy atom. The summed E-state index contributed by atoms with van der Waals surface area (Å²) in [5.41, 5.74) is 0. The zero-order valence-corrected chi connectivity index (χ0v) is 13.4. The van der Waals surface area contributed by atoms with E-state index in [1.54, 1.807) is 0 Å². The van der Waals surface area contributed by atoms with Crippen molar-refractivity contribution in [2.24, 2.45) is 0 Å². The molecular weight excluding hydrogens is 238 g/mol. The van der Waals surface area contributed by atoms with Crippen molar-refractivity contribution >= 4 is 54.5 Å². The number of hydrogen-bond donors (Lipinski definition) is 0. The molecule has 2 heterocycles. The van der Waals surface area contributed by atoms with Crippen LogP contribution in [-0.4, -0.2) is 96.5 Å². The van der Waals surface area contributed by atoms with Crippen LogP contribution in [0.5, 0.6) is 0 Å². The van der Waals surface area contributed by atoms with Gasteiger partial charge in [-0.1, -0.05) is 0 Å². The summed E-state index contributed by atoms with van der Waals surface area (Å²) in [6.07, 6.45) is 3.83. The zero-order chi connectivity index (χ0) is 9.42. The van der Waals surface area contributed by atoms with Crippen molar-refractivity contribution in [1.29, 1.82) is 0 Å². The van der Waals surface area contributed by atoms with Gasteiger partial charge < -0.3 is 0 Å². The third-order valence-electron chi connectivity index (χ3n) is 3.59. The van der Waals surface area contributed by atoms with Crippen LogP contribution >= 0.6 is 0 Å². The molecule has 2 unspecified atom stereocenters. The van der Waals surface area contributed by atoms with Crippen molar-refractivity contribution in [3.05, 3.63) is 0 Å². The van der Waals surface area contributed by atoms with Gasteiger partial charge in [0.05, 0.1) is 0 Å². The van der Waals surface area contributed by atoms with Gasteiger partial charge in [0.15, 0.2) is 0 Å². The number of carbonyl (C=O) groups excluding carboxylic acids is 1. The summed E-state index contributed by atoms with van der Waals surface area (Å²) in [5, 5.41) is 0. The standard InChI is InChI=1S/C9H15N2O.Rb/c1-10-8-2-3-9(10)6-11(7-12)5-4-8;/h8-9H,2-6H2,1H3;. The summed E-state index contributed by atoms with van der Waals surface area (Å²) >= 11 is 0.166. The predicted octanol–water partition coefficient (Wildman–Crippen LogP) is 0.443. The molecule has 4 heteroatoms. The van der Waals surface area contributed by atoms with Crippen LogP contribution in [0.1, 0.15) is 19.3 Å². The molecular formula is C9H15N2ORb. The van der Waals surface area contributed by atoms with Crippen molar-refractivity contribution < 1.29 is 4.79 Å². The number of likely N-dealkylation sites (N-methyl/N-ethyl adjacent to an activating group) is 1. The average Bonchev–Trinajstić information content (AvgIpc) is 2.25. The van der Waals surface area contributed by atoms with Gasteiger partial charge in [0.1, 0.15) is 0 Å². The first-order valence-corrected chi connectivity index (χ1v) is 7.61. The minimum atomic E-state index is 0.166. The van der Waals surface area contributed by atoms with Gasteiger partial charge in [-0.2, -0.15) is 0 Å². The molecule has 2 bridgehead atoms. The Hall–Kier alpha value is 1.24. The second kappa shape index (κ2) is 4.39. The average molecular weight is 253 g/mol. The van der Waals surface area contributed by atoms with Crippen molar-refractivity contribution in [2.45, 2.75) is 31.3 Å². The molecule has 3 nitrogen and oxygen atoms in total. The molecule has 0 aromatic rings. The summed E-state index contributed by atoms with van der Waals surface area (Å²) < 4.78 is 0.447. The van der Waals surface area contributed by atoms with Crippen LogP contribution in [0.4, 0.5) is 4.79 Å². The second-order valence-electron chi connectivity index (χ2n) is 4.30. The van der Waals surface area contributed by atoms with Crippen molar-refractivity contribution in [3.63, 3.8) is 0 Å². The Bertz CT molecular complexity index is 222. The summed E-state index contributed by atoms with van der Waals surface area (Å²) in [6, 6.07) is 1.41. The van der Waals surface area contributed by atoms with E-state index in [4.69, 9.17) is 0 Å². The van der Waals surface area contributed by atoms with Crippen LogP contribution in [0.3, 0.4) is 0 Å². The number of likely N-dealkylation sites (tertiary alicyclic amines) is 1. The Kier molecular flexibility index (Phi) is 3.63. The van der Waals surface area contributed by atoms with Crippen LogP contribution < -0.4 is 0 Å². The molecule has 0 N–H and O–H groups in total. The van der Waals surface area contributed by atoms with Gasteiger partial charge >= 0.3 is 121 Å². The second-order valence-corrected chi connectivity index (χ2v) is 6.41. The number of fused-ring (bicyclic) bond motifs is 2. The summed E-state index contributed by atoms with van der Waals surface area (Å²) in [6.45, 7) is 2.01. The van der Waals surface area contributed by atoms with Gasteiger partial charge in [-0.15, -0.1) is 0 Å². The van der Waals surface area contributed by atoms with E-state index < -0.39 is 0 Å². The number of nitrogens with zero attached hydrogens (tertiary/aromatic N) is 2. The van der Waals surface area contributed by atoms with Crippen LogP contribution in [-0.2, 0) is 0 Å². The van der Waals surface area contributed by atoms with E-state index in [-0.39, 0.29) is 55.5 Å². The predicted molar refractivity (Wildman–Crippen MR) is 51.9 cm³/mol. The molecule has 2 rings (SSSR count). The van der Waals surface area contributed by atoms with Crippen molar-refractivity contribution in [1.82, 2.24) is 9.80 Å². The van der Waals surface area contributed by atoms with E-state index >= 15 is 0 Å². The van der Waals surface area contributed by atoms with E-state index in [0.717, 1.165) is 19.1 Å². The molecule has 2 aliphatic heterocycles. The van der Waals surface area contributed by atoms with E-state index in [2.05, 4.69) is 16.8 Å². The van der Waals surface area contributed by atoms with E-state index in [1.807, 2.05) is 0 Å². The van der Waals surface area contributed by atoms with E-state index in [0.29, 0.717) is 5.02 Å². The SMILES string of the molecule is CN1C2CCC1CN([C](=O)[Rb])CC2. The van der Waals surface area contributed by atoms with E-state index in [9.17, 15) is 4.79 Å². The molecule has 68 valence electrons. The number of amides is 1. The molecule has 2 atom stereocenters. The normalized spacial score (nSPS) is 34.8. The summed E-state index contributed by atoms with van der Waals surface area (Å²) in [7, 11) is 2.22. The molecule has 2 fully saturated rings. The van der Waals surface area contributed by atoms with Crippen molar-refractivity contribution in [2.75, 3.05) is 20.1 Å². The van der Waals surface area contributed by atoms with Crippen LogP contribution in [0, 0.1) is 0 Å². The topological polar surface area (TPSA) is 23.6 Å². The fourth-order valence-electron chi connectivity index (χ4n) is 2.59. The quantitative estimate of drug-likeness (QED) is 0.625. The maximum atomic E-state index is 11.3. The monoisotopic (exact) mass is 252 g/mol. The first-order valence-electron chi connectivity index (χ1n) is 5.16. The molecule has 2 aliphatic rings. The summed E-state index contributed by atoms with van der Waals surface area (Å²) in [5.74, 6) is 0. The first kappa shape index (κ1) is 10.7. The number of hydrogen-bond acceptors (Lipinski definition) is 2. The number of carbonyl (C=O) groups is 1. The molecule has 1 amide bonds. The molecule has 0 radical (unpaired) electrons. The van der Waals surface area contributed by atoms with Gasteiger partial charge in [-0.3, -0.25) is 0 Å². The van der Waals surface area contributed by atoms with Crippen LogP contribution in [0.15, 0.2) is 0 Å². The number of rotatable bonds is 0. The van der Waals surface area contributed by atoms with Gasteiger partial charge in [0.25, 0.3) is 0 Å². The Balaban J connectivity index is 2.07. The Morgan fingerprint density at radius 2 is 2.00 bits per heavy atom. The van der Waals surface area contributed by atoms with Crippen LogP contribution in [0.25, 0.3) is 0 Å². The Labute approximate surface area is 119 Å². The maximum absolute atomic E-state index is 11.3. The van der Waals surface area contributed by atoms with Crippen LogP contribution in [0.2, 0.25) is 0 Å². The molecule has 0 spiro atoms. The molecule has 0 aliphatic carbocycles. The molecule has 0 saturated carbocycles. The Morgan fingerprint density at radius 3 is 2.69 bits per heavy atom. The third kappa shape index (κ3) is 2.25. The minimum absolute atomic E-state index is 0.166. The third-order valence-corrected chi connectivity index (χ3v) is 5.15. The van der Waals surface area contributed by atoms with Gasteiger partial charge in [0.2, 0.25) is 0 Å². The van der Waals surface area contributed by atoms with Gasteiger partial charge in [0, 0.05) is 0 Å². The van der Waals surface area contributed by atoms with Gasteiger partial charge in [-0.25, -0.2) is 0 Å². The zero-order valence-electron chi connectivity index (χ0n) is 8.49. The van der Waals surface area contributed by atoms with E-state index in [1.165, 1.54) is 19.3 Å². The van der Waals surface area contributed by atoms with Gasteiger partial charge in [-0.05, 0) is 0 Å². The summed E-state index contributed by atoms with van der Waals surface area (Å²) in [4.78, 5) is 15.9. The first-order chi connectivity index (χ1) is 6.18. The molecule has 0 aromatic carbocycles. The fourth-order valence-corrected chi connectivity index (χ4v) is 3.59. The molecule has 0 aromatic heterocycles. The molecule has 2 saturated heterocycles. The fraction of sp³-hybridized carbons (Fsp3) is 0.889. The van der Waals surface area contributed by atoms with Crippen molar-refractivity contribution in [3.8, 4) is 0 Å².